The summed E-state index contributed by atoms with van der Waals surface area (Å²) in [6, 6.07) is 3.49. The van der Waals surface area contributed by atoms with E-state index in [1.165, 1.54) is 0 Å². The third-order valence-electron chi connectivity index (χ3n) is 1.32. The number of carboxylic acid groups (broad SMARTS) is 1. The largest absolute Gasteiger partial charge is 0.464 e. The topological polar surface area (TPSA) is 79.5 Å². The predicted octanol–water partition coefficient (Wildman–Crippen LogP) is 0.435. The van der Waals surface area contributed by atoms with Crippen molar-refractivity contribution in [3.63, 3.8) is 0 Å². The Morgan fingerprint density at radius 3 is 3.00 bits per heavy atom. The molecule has 1 amide bonds. The summed E-state index contributed by atoms with van der Waals surface area (Å²) < 4.78 is 0. The van der Waals surface area contributed by atoms with Crippen molar-refractivity contribution in [3.05, 3.63) is 30.1 Å². The summed E-state index contributed by atoms with van der Waals surface area (Å²) in [4.78, 5) is 14.1. The van der Waals surface area contributed by atoms with Gasteiger partial charge in [-0.25, -0.2) is 15.6 Å². The van der Waals surface area contributed by atoms with Gasteiger partial charge in [-0.15, -0.1) is 0 Å². The molecule has 3 N–H and O–H groups in total. The number of pyridine rings is 1. The Morgan fingerprint density at radius 2 is 2.50 bits per heavy atom. The normalized spacial score (nSPS) is 9.42. The second-order valence-corrected chi connectivity index (χ2v) is 2.27. The van der Waals surface area contributed by atoms with Crippen molar-refractivity contribution >= 4 is 6.09 Å². The SMILES string of the molecule is NN(Cc1cccnc1)C(=O)O. The van der Waals surface area contributed by atoms with Crippen LogP contribution in [0, 0.1) is 0 Å². The summed E-state index contributed by atoms with van der Waals surface area (Å²) in [5.41, 5.74) is 0.766. The minimum Gasteiger partial charge on any atom is -0.464 e. The highest BCUT2D eigenvalue weighted by molar-refractivity contribution is 5.64. The van der Waals surface area contributed by atoms with Gasteiger partial charge in [0.2, 0.25) is 0 Å². The second-order valence-electron chi connectivity index (χ2n) is 2.27. The number of aromatic nitrogens is 1. The van der Waals surface area contributed by atoms with Gasteiger partial charge in [0.15, 0.2) is 0 Å². The standard InChI is InChI=1S/C7H9N3O2/c8-10(7(11)12)5-6-2-1-3-9-4-6/h1-4H,5,8H2,(H,11,12). The Morgan fingerprint density at radius 1 is 1.75 bits per heavy atom. The van der Waals surface area contributed by atoms with E-state index in [0.29, 0.717) is 5.01 Å². The van der Waals surface area contributed by atoms with E-state index in [4.69, 9.17) is 10.9 Å². The highest BCUT2D eigenvalue weighted by atomic mass is 16.4. The average molecular weight is 167 g/mol. The number of hydrogen-bond donors (Lipinski definition) is 2. The molecule has 0 spiro atoms. The number of hydrazine groups is 1. The number of carbonyl (C=O) groups is 1. The van der Waals surface area contributed by atoms with Crippen LogP contribution in [0.3, 0.4) is 0 Å². The highest BCUT2D eigenvalue weighted by Gasteiger charge is 2.05. The van der Waals surface area contributed by atoms with Gasteiger partial charge in [0.05, 0.1) is 6.54 Å². The fourth-order valence-electron chi connectivity index (χ4n) is 0.756. The number of rotatable bonds is 2. The summed E-state index contributed by atoms with van der Waals surface area (Å²) >= 11 is 0. The average Bonchev–Trinajstić information content (AvgIpc) is 2.06. The van der Waals surface area contributed by atoms with Gasteiger partial charge in [-0.3, -0.25) is 4.98 Å². The van der Waals surface area contributed by atoms with Crippen LogP contribution in [0.4, 0.5) is 4.79 Å². The predicted molar refractivity (Wildman–Crippen MR) is 42.0 cm³/mol. The van der Waals surface area contributed by atoms with E-state index in [9.17, 15) is 4.79 Å². The first kappa shape index (κ1) is 8.48. The van der Waals surface area contributed by atoms with Gasteiger partial charge < -0.3 is 5.11 Å². The molecule has 12 heavy (non-hydrogen) atoms. The van der Waals surface area contributed by atoms with Crippen LogP contribution in [0.2, 0.25) is 0 Å². The Balaban J connectivity index is 2.58. The summed E-state index contributed by atoms with van der Waals surface area (Å²) in [6.07, 6.45) is 2.03. The van der Waals surface area contributed by atoms with Gasteiger partial charge in [-0.1, -0.05) is 6.07 Å². The first-order valence-electron chi connectivity index (χ1n) is 3.34. The van der Waals surface area contributed by atoms with Gasteiger partial charge in [-0.2, -0.15) is 0 Å². The van der Waals surface area contributed by atoms with E-state index in [-0.39, 0.29) is 6.54 Å². The zero-order valence-corrected chi connectivity index (χ0v) is 6.34. The molecule has 0 unspecified atom stereocenters. The van der Waals surface area contributed by atoms with Crippen LogP contribution in [0.5, 0.6) is 0 Å². The first-order chi connectivity index (χ1) is 5.70. The molecule has 0 bridgehead atoms. The quantitative estimate of drug-likeness (QED) is 0.380. The number of nitrogens with two attached hydrogens (primary N) is 1. The molecule has 0 radical (unpaired) electrons. The Hall–Kier alpha value is -1.62. The monoisotopic (exact) mass is 167 g/mol. The van der Waals surface area contributed by atoms with Crippen LogP contribution < -0.4 is 5.84 Å². The molecule has 0 atom stereocenters. The molecule has 0 aromatic carbocycles. The summed E-state index contributed by atoms with van der Waals surface area (Å²) in [6.45, 7) is 0.156. The molecule has 64 valence electrons. The summed E-state index contributed by atoms with van der Waals surface area (Å²) in [5, 5.41) is 9.13. The molecular weight excluding hydrogens is 158 g/mol. The van der Waals surface area contributed by atoms with Crippen LogP contribution in [0.1, 0.15) is 5.56 Å². The van der Waals surface area contributed by atoms with Crippen LogP contribution in [-0.2, 0) is 6.54 Å². The Kier molecular flexibility index (Phi) is 2.60. The fourth-order valence-corrected chi connectivity index (χ4v) is 0.756. The molecule has 0 saturated heterocycles. The van der Waals surface area contributed by atoms with Crippen molar-refractivity contribution in [1.82, 2.24) is 9.99 Å². The van der Waals surface area contributed by atoms with Crippen LogP contribution in [0.25, 0.3) is 0 Å². The minimum absolute atomic E-state index is 0.156. The molecule has 5 heteroatoms. The van der Waals surface area contributed by atoms with Gasteiger partial charge in [0.25, 0.3) is 0 Å². The van der Waals surface area contributed by atoms with E-state index in [1.807, 2.05) is 0 Å². The van der Waals surface area contributed by atoms with E-state index in [0.717, 1.165) is 5.56 Å². The van der Waals surface area contributed by atoms with Crippen molar-refractivity contribution in [2.45, 2.75) is 6.54 Å². The van der Waals surface area contributed by atoms with Crippen LogP contribution in [0.15, 0.2) is 24.5 Å². The minimum atomic E-state index is -1.15. The lowest BCUT2D eigenvalue weighted by molar-refractivity contribution is 0.143. The lowest BCUT2D eigenvalue weighted by atomic mass is 10.3. The van der Waals surface area contributed by atoms with E-state index < -0.39 is 6.09 Å². The van der Waals surface area contributed by atoms with Crippen molar-refractivity contribution in [3.8, 4) is 0 Å². The lowest BCUT2D eigenvalue weighted by Gasteiger charge is -2.11. The molecule has 0 aliphatic rings. The molecular formula is C7H9N3O2. The van der Waals surface area contributed by atoms with Gasteiger partial charge >= 0.3 is 6.09 Å². The number of nitrogens with zero attached hydrogens (tertiary/aromatic N) is 2. The maximum Gasteiger partial charge on any atom is 0.421 e. The van der Waals surface area contributed by atoms with Crippen molar-refractivity contribution in [2.75, 3.05) is 0 Å². The second kappa shape index (κ2) is 3.68. The summed E-state index contributed by atoms with van der Waals surface area (Å²) in [5.74, 6) is 5.15. The van der Waals surface area contributed by atoms with Gasteiger partial charge in [0, 0.05) is 12.4 Å². The molecule has 5 nitrogen and oxygen atoms in total. The van der Waals surface area contributed by atoms with Gasteiger partial charge in [0.1, 0.15) is 0 Å². The van der Waals surface area contributed by atoms with Crippen molar-refractivity contribution < 1.29 is 9.90 Å². The number of amides is 1. The molecule has 0 saturated carbocycles. The fraction of sp³-hybridized carbons (Fsp3) is 0.143. The molecule has 1 heterocycles. The lowest BCUT2D eigenvalue weighted by Crippen LogP contribution is -2.35. The molecule has 0 fully saturated rings. The highest BCUT2D eigenvalue weighted by Crippen LogP contribution is 1.98. The maximum absolute atomic E-state index is 10.3. The zero-order valence-electron chi connectivity index (χ0n) is 6.34. The maximum atomic E-state index is 10.3. The van der Waals surface area contributed by atoms with E-state index >= 15 is 0 Å². The Bertz CT molecular complexity index is 263. The van der Waals surface area contributed by atoms with Crippen LogP contribution in [-0.4, -0.2) is 21.2 Å². The molecule has 1 aromatic rings. The summed E-state index contributed by atoms with van der Waals surface area (Å²) in [7, 11) is 0. The van der Waals surface area contributed by atoms with E-state index in [1.54, 1.807) is 24.5 Å². The third kappa shape index (κ3) is 2.21. The zero-order chi connectivity index (χ0) is 8.97. The molecule has 1 rings (SSSR count). The van der Waals surface area contributed by atoms with Gasteiger partial charge in [-0.05, 0) is 11.6 Å². The third-order valence-corrected chi connectivity index (χ3v) is 1.32. The molecule has 0 aliphatic heterocycles. The van der Waals surface area contributed by atoms with E-state index in [2.05, 4.69) is 4.98 Å². The van der Waals surface area contributed by atoms with Crippen LogP contribution >= 0.6 is 0 Å². The Labute approximate surface area is 69.4 Å². The molecule has 0 aliphatic carbocycles. The van der Waals surface area contributed by atoms with Crippen molar-refractivity contribution in [1.29, 1.82) is 0 Å². The first-order valence-corrected chi connectivity index (χ1v) is 3.34. The number of hydrogen-bond acceptors (Lipinski definition) is 3. The smallest absolute Gasteiger partial charge is 0.421 e. The van der Waals surface area contributed by atoms with Crippen molar-refractivity contribution in [2.24, 2.45) is 5.84 Å². The molecule has 1 aromatic heterocycles.